The van der Waals surface area contributed by atoms with E-state index in [0.29, 0.717) is 18.1 Å². The Kier molecular flexibility index (Phi) is 6.07. The lowest BCUT2D eigenvalue weighted by Crippen LogP contribution is -2.19. The molecule has 1 rings (SSSR count). The molecule has 0 radical (unpaired) electrons. The number of hydrogen-bond acceptors (Lipinski definition) is 2. The minimum absolute atomic E-state index is 0.253. The van der Waals surface area contributed by atoms with Crippen LogP contribution in [0.3, 0.4) is 0 Å². The Bertz CT molecular complexity index is 384. The van der Waals surface area contributed by atoms with Crippen molar-refractivity contribution in [1.29, 1.82) is 0 Å². The number of carbonyl (C=O) groups is 1. The summed E-state index contributed by atoms with van der Waals surface area (Å²) in [5.74, 6) is -0.253. The average Bonchev–Trinajstić information content (AvgIpc) is 2.22. The molecule has 16 heavy (non-hydrogen) atoms. The number of alkyl halides is 1. The van der Waals surface area contributed by atoms with Gasteiger partial charge in [-0.1, -0.05) is 33.6 Å². The first-order chi connectivity index (χ1) is 7.54. The lowest BCUT2D eigenvalue weighted by atomic mass is 10.1. The van der Waals surface area contributed by atoms with Gasteiger partial charge in [0.2, 0.25) is 0 Å². The SMILES string of the molecule is CCOC(=O)C(Br)Cc1ccc(I)cc1Cl. The molecule has 0 heterocycles. The molecule has 0 fully saturated rings. The number of hydrogen-bond donors (Lipinski definition) is 0. The number of benzene rings is 1. The maximum atomic E-state index is 11.4. The highest BCUT2D eigenvalue weighted by Gasteiger charge is 2.17. The van der Waals surface area contributed by atoms with E-state index in [1.807, 2.05) is 18.2 Å². The van der Waals surface area contributed by atoms with Gasteiger partial charge in [-0.05, 0) is 53.6 Å². The molecule has 0 aliphatic carbocycles. The highest BCUT2D eigenvalue weighted by Crippen LogP contribution is 2.22. The largest absolute Gasteiger partial charge is 0.465 e. The van der Waals surface area contributed by atoms with Crippen LogP contribution in [0.2, 0.25) is 5.02 Å². The Morgan fingerprint density at radius 1 is 1.62 bits per heavy atom. The van der Waals surface area contributed by atoms with Crippen molar-refractivity contribution < 1.29 is 9.53 Å². The van der Waals surface area contributed by atoms with Crippen molar-refractivity contribution in [1.82, 2.24) is 0 Å². The van der Waals surface area contributed by atoms with Gasteiger partial charge in [-0.25, -0.2) is 0 Å². The van der Waals surface area contributed by atoms with Crippen molar-refractivity contribution in [3.63, 3.8) is 0 Å². The fourth-order valence-corrected chi connectivity index (χ4v) is 2.61. The second kappa shape index (κ2) is 6.81. The molecule has 0 aromatic heterocycles. The van der Waals surface area contributed by atoms with E-state index in [4.69, 9.17) is 16.3 Å². The van der Waals surface area contributed by atoms with Crippen molar-refractivity contribution in [3.8, 4) is 0 Å². The van der Waals surface area contributed by atoms with Gasteiger partial charge < -0.3 is 4.74 Å². The maximum Gasteiger partial charge on any atom is 0.320 e. The number of ether oxygens (including phenoxy) is 1. The number of rotatable bonds is 4. The molecular formula is C11H11BrClIO2. The molecule has 5 heteroatoms. The fraction of sp³-hybridized carbons (Fsp3) is 0.364. The highest BCUT2D eigenvalue weighted by molar-refractivity contribution is 14.1. The Balaban J connectivity index is 2.69. The average molecular weight is 417 g/mol. The molecule has 1 aromatic rings. The van der Waals surface area contributed by atoms with Gasteiger partial charge in [-0.2, -0.15) is 0 Å². The molecule has 1 atom stereocenters. The summed E-state index contributed by atoms with van der Waals surface area (Å²) in [6.45, 7) is 2.18. The Morgan fingerprint density at radius 3 is 2.88 bits per heavy atom. The predicted molar refractivity (Wildman–Crippen MR) is 77.2 cm³/mol. The summed E-state index contributed by atoms with van der Waals surface area (Å²) in [4.78, 5) is 11.1. The van der Waals surface area contributed by atoms with E-state index in [0.717, 1.165) is 9.13 Å². The molecule has 0 aliphatic heterocycles. The molecule has 0 aliphatic rings. The summed E-state index contributed by atoms with van der Waals surface area (Å²) in [5, 5.41) is 0.681. The molecule has 0 saturated heterocycles. The number of halogens is 3. The van der Waals surface area contributed by atoms with E-state index in [1.165, 1.54) is 0 Å². The summed E-state index contributed by atoms with van der Waals surface area (Å²) in [7, 11) is 0. The van der Waals surface area contributed by atoms with Gasteiger partial charge in [-0.15, -0.1) is 0 Å². The van der Waals surface area contributed by atoms with E-state index in [2.05, 4.69) is 38.5 Å². The van der Waals surface area contributed by atoms with Crippen molar-refractivity contribution in [2.45, 2.75) is 18.2 Å². The molecule has 0 saturated carbocycles. The van der Waals surface area contributed by atoms with Crippen LogP contribution in [0.15, 0.2) is 18.2 Å². The van der Waals surface area contributed by atoms with Crippen LogP contribution in [0.25, 0.3) is 0 Å². The van der Waals surface area contributed by atoms with E-state index in [-0.39, 0.29) is 10.8 Å². The van der Waals surface area contributed by atoms with Crippen molar-refractivity contribution in [2.75, 3.05) is 6.61 Å². The van der Waals surface area contributed by atoms with Crippen LogP contribution < -0.4 is 0 Å². The van der Waals surface area contributed by atoms with Gasteiger partial charge in [0.1, 0.15) is 4.83 Å². The molecule has 0 spiro atoms. The van der Waals surface area contributed by atoms with Crippen molar-refractivity contribution in [3.05, 3.63) is 32.4 Å². The predicted octanol–water partition coefficient (Wildman–Crippen LogP) is 3.81. The molecule has 0 bridgehead atoms. The minimum atomic E-state index is -0.343. The highest BCUT2D eigenvalue weighted by atomic mass is 127. The van der Waals surface area contributed by atoms with E-state index >= 15 is 0 Å². The smallest absolute Gasteiger partial charge is 0.320 e. The maximum absolute atomic E-state index is 11.4. The van der Waals surface area contributed by atoms with Gasteiger partial charge in [0, 0.05) is 8.59 Å². The lowest BCUT2D eigenvalue weighted by molar-refractivity contribution is -0.142. The van der Waals surface area contributed by atoms with Crippen LogP contribution in [0.4, 0.5) is 0 Å². The van der Waals surface area contributed by atoms with Crippen LogP contribution in [-0.4, -0.2) is 17.4 Å². The Morgan fingerprint density at radius 2 is 2.31 bits per heavy atom. The lowest BCUT2D eigenvalue weighted by Gasteiger charge is -2.10. The van der Waals surface area contributed by atoms with Gasteiger partial charge in [-0.3, -0.25) is 4.79 Å². The molecule has 0 amide bonds. The topological polar surface area (TPSA) is 26.3 Å². The zero-order valence-electron chi connectivity index (χ0n) is 8.67. The first-order valence-corrected chi connectivity index (χ1v) is 7.16. The molecule has 1 unspecified atom stereocenters. The van der Waals surface area contributed by atoms with E-state index < -0.39 is 0 Å². The third kappa shape index (κ3) is 4.22. The summed E-state index contributed by atoms with van der Waals surface area (Å²) >= 11 is 11.6. The minimum Gasteiger partial charge on any atom is -0.465 e. The number of esters is 1. The van der Waals surface area contributed by atoms with Crippen LogP contribution in [0.1, 0.15) is 12.5 Å². The zero-order valence-corrected chi connectivity index (χ0v) is 13.2. The van der Waals surface area contributed by atoms with Crippen LogP contribution in [-0.2, 0) is 16.0 Å². The number of carbonyl (C=O) groups excluding carboxylic acids is 1. The van der Waals surface area contributed by atoms with Gasteiger partial charge in [0.05, 0.1) is 6.61 Å². The summed E-state index contributed by atoms with van der Waals surface area (Å²) < 4.78 is 5.99. The van der Waals surface area contributed by atoms with E-state index in [1.54, 1.807) is 6.92 Å². The molecule has 1 aromatic carbocycles. The van der Waals surface area contributed by atoms with Gasteiger partial charge in [0.15, 0.2) is 0 Å². The third-order valence-corrected chi connectivity index (χ3v) is 3.68. The monoisotopic (exact) mass is 416 g/mol. The Hall–Kier alpha value is 0.190. The second-order valence-corrected chi connectivity index (χ2v) is 5.92. The zero-order chi connectivity index (χ0) is 12.1. The first kappa shape index (κ1) is 14.3. The van der Waals surface area contributed by atoms with Crippen LogP contribution >= 0.6 is 50.1 Å². The van der Waals surface area contributed by atoms with Gasteiger partial charge >= 0.3 is 5.97 Å². The van der Waals surface area contributed by atoms with Crippen molar-refractivity contribution >= 4 is 56.1 Å². The standard InChI is InChI=1S/C11H11BrClIO2/c1-2-16-11(15)9(12)5-7-3-4-8(14)6-10(7)13/h3-4,6,9H,2,5H2,1H3. The van der Waals surface area contributed by atoms with Gasteiger partial charge in [0.25, 0.3) is 0 Å². The normalized spacial score (nSPS) is 12.2. The summed E-state index contributed by atoms with van der Waals surface area (Å²) in [6.07, 6.45) is 0.536. The third-order valence-electron chi connectivity index (χ3n) is 1.96. The van der Waals surface area contributed by atoms with E-state index in [9.17, 15) is 4.79 Å². The molecule has 88 valence electrons. The molecule has 0 N–H and O–H groups in total. The molecule has 2 nitrogen and oxygen atoms in total. The summed E-state index contributed by atoms with van der Waals surface area (Å²) in [5.41, 5.74) is 0.942. The first-order valence-electron chi connectivity index (χ1n) is 4.79. The van der Waals surface area contributed by atoms with Crippen LogP contribution in [0.5, 0.6) is 0 Å². The molecular weight excluding hydrogens is 406 g/mol. The Labute approximate surface area is 122 Å². The van der Waals surface area contributed by atoms with Crippen LogP contribution in [0, 0.1) is 3.57 Å². The summed E-state index contributed by atoms with van der Waals surface area (Å²) in [6, 6.07) is 5.77. The quantitative estimate of drug-likeness (QED) is 0.423. The van der Waals surface area contributed by atoms with Crippen molar-refractivity contribution in [2.24, 2.45) is 0 Å². The fourth-order valence-electron chi connectivity index (χ4n) is 1.20. The second-order valence-electron chi connectivity index (χ2n) is 3.16.